The number of hydrogen-bond acceptors (Lipinski definition) is 3. The van der Waals surface area contributed by atoms with Crippen LogP contribution in [0.25, 0.3) is 0 Å². The van der Waals surface area contributed by atoms with Crippen molar-refractivity contribution in [3.05, 3.63) is 0 Å². The van der Waals surface area contributed by atoms with Gasteiger partial charge in [0.15, 0.2) is 0 Å². The summed E-state index contributed by atoms with van der Waals surface area (Å²) in [5, 5.41) is 0. The summed E-state index contributed by atoms with van der Waals surface area (Å²) in [6.07, 6.45) is 0. The molecule has 3 nitrogen and oxygen atoms in total. The number of likely N-dealkylation sites (N-methyl/N-ethyl adjacent to an activating group) is 2. The van der Waals surface area contributed by atoms with Gasteiger partial charge in [0.25, 0.3) is 0 Å². The third kappa shape index (κ3) is 3.63. The van der Waals surface area contributed by atoms with Crippen LogP contribution in [0.2, 0.25) is 0 Å². The van der Waals surface area contributed by atoms with Crippen molar-refractivity contribution in [2.24, 2.45) is 0 Å². The molecule has 1 rings (SSSR count). The first kappa shape index (κ1) is 11.0. The lowest BCUT2D eigenvalue weighted by molar-refractivity contribution is 0.124. The Morgan fingerprint density at radius 1 is 1.15 bits per heavy atom. The van der Waals surface area contributed by atoms with E-state index in [1.54, 1.807) is 0 Å². The van der Waals surface area contributed by atoms with Crippen molar-refractivity contribution in [1.29, 1.82) is 0 Å². The summed E-state index contributed by atoms with van der Waals surface area (Å²) < 4.78 is 0. The van der Waals surface area contributed by atoms with Crippen LogP contribution in [0.1, 0.15) is 6.92 Å². The molecule has 0 bridgehead atoms. The van der Waals surface area contributed by atoms with E-state index < -0.39 is 0 Å². The minimum absolute atomic E-state index is 0.670. The average Bonchev–Trinajstić information content (AvgIpc) is 2.08. The zero-order chi connectivity index (χ0) is 9.84. The van der Waals surface area contributed by atoms with E-state index in [4.69, 9.17) is 0 Å². The maximum absolute atomic E-state index is 2.56. The zero-order valence-corrected chi connectivity index (χ0v) is 9.45. The van der Waals surface area contributed by atoms with E-state index in [0.717, 1.165) is 0 Å². The second-order valence-electron chi connectivity index (χ2n) is 4.42. The van der Waals surface area contributed by atoms with Gasteiger partial charge < -0.3 is 9.80 Å². The lowest BCUT2D eigenvalue weighted by Crippen LogP contribution is -2.48. The number of nitrogens with zero attached hydrogens (tertiary/aromatic N) is 3. The molecule has 0 aromatic carbocycles. The topological polar surface area (TPSA) is 9.72 Å². The number of rotatable bonds is 3. The Hall–Kier alpha value is -0.120. The third-order valence-electron chi connectivity index (χ3n) is 3.00. The molecule has 1 aliphatic rings. The summed E-state index contributed by atoms with van der Waals surface area (Å²) in [7, 11) is 6.51. The van der Waals surface area contributed by atoms with Crippen molar-refractivity contribution in [3.8, 4) is 0 Å². The van der Waals surface area contributed by atoms with Crippen LogP contribution in [0, 0.1) is 0 Å². The van der Waals surface area contributed by atoms with Gasteiger partial charge in [0.2, 0.25) is 0 Å². The maximum atomic E-state index is 2.56. The SMILES string of the molecule is CC(CN1CCN(C)CC1)N(C)C. The molecule has 1 unspecified atom stereocenters. The zero-order valence-electron chi connectivity index (χ0n) is 9.45. The summed E-state index contributed by atoms with van der Waals surface area (Å²) in [4.78, 5) is 7.25. The van der Waals surface area contributed by atoms with Crippen LogP contribution in [0.4, 0.5) is 0 Å². The van der Waals surface area contributed by atoms with Gasteiger partial charge >= 0.3 is 0 Å². The van der Waals surface area contributed by atoms with Gasteiger partial charge in [0.05, 0.1) is 0 Å². The molecule has 13 heavy (non-hydrogen) atoms. The van der Waals surface area contributed by atoms with Gasteiger partial charge in [-0.05, 0) is 28.1 Å². The van der Waals surface area contributed by atoms with E-state index in [9.17, 15) is 0 Å². The summed E-state index contributed by atoms with van der Waals surface area (Å²) in [5.74, 6) is 0. The number of piperazine rings is 1. The highest BCUT2D eigenvalue weighted by Crippen LogP contribution is 2.02. The molecular weight excluding hydrogens is 162 g/mol. The molecule has 78 valence electrons. The largest absolute Gasteiger partial charge is 0.305 e. The van der Waals surface area contributed by atoms with E-state index >= 15 is 0 Å². The van der Waals surface area contributed by atoms with E-state index in [2.05, 4.69) is 42.8 Å². The van der Waals surface area contributed by atoms with Gasteiger partial charge in [0, 0.05) is 38.8 Å². The molecule has 1 saturated heterocycles. The van der Waals surface area contributed by atoms with Crippen LogP contribution in [0.5, 0.6) is 0 Å². The summed E-state index contributed by atoms with van der Waals surface area (Å²) in [6.45, 7) is 8.41. The normalized spacial score (nSPS) is 23.8. The highest BCUT2D eigenvalue weighted by molar-refractivity contribution is 4.73. The van der Waals surface area contributed by atoms with Crippen molar-refractivity contribution in [1.82, 2.24) is 14.7 Å². The van der Waals surface area contributed by atoms with Gasteiger partial charge in [-0.2, -0.15) is 0 Å². The Bertz CT molecular complexity index is 139. The van der Waals surface area contributed by atoms with Gasteiger partial charge in [-0.25, -0.2) is 0 Å². The second-order valence-corrected chi connectivity index (χ2v) is 4.42. The predicted octanol–water partition coefficient (Wildman–Crippen LogP) is 0.184. The van der Waals surface area contributed by atoms with E-state index in [1.165, 1.54) is 32.7 Å². The Kier molecular flexibility index (Phi) is 4.16. The molecule has 0 aromatic rings. The smallest absolute Gasteiger partial charge is 0.0188 e. The van der Waals surface area contributed by atoms with Crippen LogP contribution >= 0.6 is 0 Å². The first-order valence-corrected chi connectivity index (χ1v) is 5.17. The molecule has 0 N–H and O–H groups in total. The fourth-order valence-corrected chi connectivity index (χ4v) is 1.57. The summed E-state index contributed by atoms with van der Waals surface area (Å²) >= 11 is 0. The standard InChI is InChI=1S/C10H23N3/c1-10(11(2)3)9-13-7-5-12(4)6-8-13/h10H,5-9H2,1-4H3. The first-order chi connectivity index (χ1) is 6.09. The molecule has 0 aliphatic carbocycles. The molecule has 0 saturated carbocycles. The van der Waals surface area contributed by atoms with Crippen molar-refractivity contribution in [2.75, 3.05) is 53.9 Å². The van der Waals surface area contributed by atoms with Crippen molar-refractivity contribution >= 4 is 0 Å². The van der Waals surface area contributed by atoms with Crippen LogP contribution in [0.3, 0.4) is 0 Å². The highest BCUT2D eigenvalue weighted by Gasteiger charge is 2.16. The third-order valence-corrected chi connectivity index (χ3v) is 3.00. The highest BCUT2D eigenvalue weighted by atomic mass is 15.3. The minimum atomic E-state index is 0.670. The molecule has 1 aliphatic heterocycles. The molecule has 1 fully saturated rings. The molecule has 0 amide bonds. The molecule has 1 atom stereocenters. The van der Waals surface area contributed by atoms with Gasteiger partial charge in [0.1, 0.15) is 0 Å². The van der Waals surface area contributed by atoms with Crippen LogP contribution in [0.15, 0.2) is 0 Å². The molecule has 1 heterocycles. The van der Waals surface area contributed by atoms with Crippen molar-refractivity contribution < 1.29 is 0 Å². The van der Waals surface area contributed by atoms with E-state index in [0.29, 0.717) is 6.04 Å². The van der Waals surface area contributed by atoms with E-state index in [1.807, 2.05) is 0 Å². The molecule has 0 aromatic heterocycles. The van der Waals surface area contributed by atoms with E-state index in [-0.39, 0.29) is 0 Å². The Balaban J connectivity index is 2.22. The Morgan fingerprint density at radius 3 is 2.15 bits per heavy atom. The lowest BCUT2D eigenvalue weighted by atomic mass is 10.2. The average molecular weight is 185 g/mol. The monoisotopic (exact) mass is 185 g/mol. The number of hydrogen-bond donors (Lipinski definition) is 0. The van der Waals surface area contributed by atoms with Crippen LogP contribution in [-0.4, -0.2) is 74.6 Å². The molecule has 0 radical (unpaired) electrons. The lowest BCUT2D eigenvalue weighted by Gasteiger charge is -2.35. The Labute approximate surface area is 82.3 Å². The van der Waals surface area contributed by atoms with Gasteiger partial charge in [-0.15, -0.1) is 0 Å². The second kappa shape index (κ2) is 4.94. The molecular formula is C10H23N3. The fraction of sp³-hybridized carbons (Fsp3) is 1.00. The summed E-state index contributed by atoms with van der Waals surface area (Å²) in [5.41, 5.74) is 0. The van der Waals surface area contributed by atoms with Crippen molar-refractivity contribution in [3.63, 3.8) is 0 Å². The van der Waals surface area contributed by atoms with Gasteiger partial charge in [-0.3, -0.25) is 4.90 Å². The molecule has 0 spiro atoms. The van der Waals surface area contributed by atoms with Crippen molar-refractivity contribution in [2.45, 2.75) is 13.0 Å². The fourth-order valence-electron chi connectivity index (χ4n) is 1.57. The quantitative estimate of drug-likeness (QED) is 0.621. The Morgan fingerprint density at radius 2 is 1.69 bits per heavy atom. The van der Waals surface area contributed by atoms with Gasteiger partial charge in [-0.1, -0.05) is 0 Å². The van der Waals surface area contributed by atoms with Crippen LogP contribution in [-0.2, 0) is 0 Å². The maximum Gasteiger partial charge on any atom is 0.0188 e. The predicted molar refractivity (Wildman–Crippen MR) is 57.1 cm³/mol. The summed E-state index contributed by atoms with van der Waals surface area (Å²) in [6, 6.07) is 0.670. The first-order valence-electron chi connectivity index (χ1n) is 5.17. The molecule has 3 heteroatoms. The minimum Gasteiger partial charge on any atom is -0.305 e. The van der Waals surface area contributed by atoms with Crippen LogP contribution < -0.4 is 0 Å².